The maximum absolute atomic E-state index is 13.2. The number of hydrogen-bond acceptors (Lipinski definition) is 4. The van der Waals surface area contributed by atoms with Gasteiger partial charge in [0.2, 0.25) is 0 Å². The predicted molar refractivity (Wildman–Crippen MR) is 98.8 cm³/mol. The number of rotatable bonds is 2. The van der Waals surface area contributed by atoms with E-state index in [-0.39, 0.29) is 12.0 Å². The SMILES string of the molecule is COc1ccc2c(c1)O[C@H](C)CN(C(=O)c1scc3c1CCCC3)C2. The van der Waals surface area contributed by atoms with Gasteiger partial charge in [0.05, 0.1) is 18.5 Å². The summed E-state index contributed by atoms with van der Waals surface area (Å²) in [6.07, 6.45) is 4.52. The van der Waals surface area contributed by atoms with Gasteiger partial charge in [0.15, 0.2) is 0 Å². The molecule has 0 saturated carbocycles. The van der Waals surface area contributed by atoms with E-state index in [9.17, 15) is 4.79 Å². The molecule has 0 bridgehead atoms. The average Bonchev–Trinajstić information content (AvgIpc) is 2.97. The molecule has 132 valence electrons. The minimum absolute atomic E-state index is 0.0481. The maximum Gasteiger partial charge on any atom is 0.264 e. The van der Waals surface area contributed by atoms with Crippen LogP contribution in [0, 0.1) is 0 Å². The molecule has 2 aliphatic rings. The smallest absolute Gasteiger partial charge is 0.264 e. The highest BCUT2D eigenvalue weighted by Crippen LogP contribution is 2.33. The highest BCUT2D eigenvalue weighted by molar-refractivity contribution is 7.12. The molecule has 0 radical (unpaired) electrons. The minimum atomic E-state index is -0.0481. The zero-order valence-electron chi connectivity index (χ0n) is 14.7. The van der Waals surface area contributed by atoms with E-state index in [0.29, 0.717) is 13.1 Å². The van der Waals surface area contributed by atoms with Gasteiger partial charge in [0.1, 0.15) is 17.6 Å². The van der Waals surface area contributed by atoms with Crippen molar-refractivity contribution in [3.63, 3.8) is 0 Å². The second kappa shape index (κ2) is 6.71. The number of ether oxygens (including phenoxy) is 2. The molecule has 4 rings (SSSR count). The number of thiophene rings is 1. The summed E-state index contributed by atoms with van der Waals surface area (Å²) in [6, 6.07) is 5.83. The molecular formula is C20H23NO3S. The standard InChI is InChI=1S/C20H23NO3S/c1-13-10-21(11-14-7-8-16(23-2)9-18(14)24-13)20(22)19-17-6-4-3-5-15(17)12-25-19/h7-9,12-13H,3-6,10-11H2,1-2H3/t13-/m1/s1. The number of fused-ring (bicyclic) bond motifs is 2. The van der Waals surface area contributed by atoms with Crippen LogP contribution < -0.4 is 9.47 Å². The normalized spacial score (nSPS) is 19.4. The van der Waals surface area contributed by atoms with Gasteiger partial charge in [0.25, 0.3) is 5.91 Å². The van der Waals surface area contributed by atoms with E-state index in [2.05, 4.69) is 5.38 Å². The molecule has 1 aliphatic heterocycles. The lowest BCUT2D eigenvalue weighted by atomic mass is 9.93. The Hall–Kier alpha value is -2.01. The molecule has 1 aromatic heterocycles. The molecule has 5 heteroatoms. The summed E-state index contributed by atoms with van der Waals surface area (Å²) in [4.78, 5) is 16.1. The molecule has 0 fully saturated rings. The van der Waals surface area contributed by atoms with Gasteiger partial charge in [-0.3, -0.25) is 4.79 Å². The first-order chi connectivity index (χ1) is 12.2. The van der Waals surface area contributed by atoms with Crippen LogP contribution in [-0.2, 0) is 19.4 Å². The largest absolute Gasteiger partial charge is 0.497 e. The molecule has 25 heavy (non-hydrogen) atoms. The van der Waals surface area contributed by atoms with Crippen molar-refractivity contribution in [1.82, 2.24) is 4.90 Å². The molecule has 1 amide bonds. The van der Waals surface area contributed by atoms with Gasteiger partial charge in [-0.25, -0.2) is 0 Å². The van der Waals surface area contributed by atoms with Gasteiger partial charge in [-0.05, 0) is 61.2 Å². The molecule has 0 unspecified atom stereocenters. The molecular weight excluding hydrogens is 334 g/mol. The fraction of sp³-hybridized carbons (Fsp3) is 0.450. The van der Waals surface area contributed by atoms with Crippen molar-refractivity contribution in [3.8, 4) is 11.5 Å². The number of aryl methyl sites for hydroxylation is 1. The summed E-state index contributed by atoms with van der Waals surface area (Å²) in [5, 5.41) is 2.18. The van der Waals surface area contributed by atoms with Gasteiger partial charge >= 0.3 is 0 Å². The molecule has 1 aromatic carbocycles. The van der Waals surface area contributed by atoms with Gasteiger partial charge < -0.3 is 14.4 Å². The maximum atomic E-state index is 13.2. The van der Waals surface area contributed by atoms with E-state index in [1.165, 1.54) is 24.0 Å². The molecule has 2 heterocycles. The minimum Gasteiger partial charge on any atom is -0.497 e. The summed E-state index contributed by atoms with van der Waals surface area (Å²) in [7, 11) is 1.65. The van der Waals surface area contributed by atoms with Crippen LogP contribution in [0.15, 0.2) is 23.6 Å². The number of hydrogen-bond donors (Lipinski definition) is 0. The Morgan fingerprint density at radius 3 is 2.96 bits per heavy atom. The predicted octanol–water partition coefficient (Wildman–Crippen LogP) is 4.06. The van der Waals surface area contributed by atoms with E-state index < -0.39 is 0 Å². The van der Waals surface area contributed by atoms with E-state index in [4.69, 9.17) is 9.47 Å². The summed E-state index contributed by atoms with van der Waals surface area (Å²) < 4.78 is 11.3. The Morgan fingerprint density at radius 2 is 2.12 bits per heavy atom. The van der Waals surface area contributed by atoms with Gasteiger partial charge in [-0.1, -0.05) is 0 Å². The van der Waals surface area contributed by atoms with Crippen molar-refractivity contribution >= 4 is 17.2 Å². The summed E-state index contributed by atoms with van der Waals surface area (Å²) in [5.41, 5.74) is 3.70. The van der Waals surface area contributed by atoms with Crippen LogP contribution in [0.4, 0.5) is 0 Å². The fourth-order valence-electron chi connectivity index (χ4n) is 3.73. The first-order valence-corrected chi connectivity index (χ1v) is 9.75. The third-order valence-corrected chi connectivity index (χ3v) is 6.09. The number of benzene rings is 1. The van der Waals surface area contributed by atoms with Crippen molar-refractivity contribution < 1.29 is 14.3 Å². The van der Waals surface area contributed by atoms with Crippen LogP contribution in [0.2, 0.25) is 0 Å². The molecule has 1 atom stereocenters. The van der Waals surface area contributed by atoms with Crippen LogP contribution in [0.5, 0.6) is 11.5 Å². The number of amides is 1. The Balaban J connectivity index is 1.63. The molecule has 1 aliphatic carbocycles. The molecule has 0 spiro atoms. The Morgan fingerprint density at radius 1 is 1.28 bits per heavy atom. The van der Waals surface area contributed by atoms with E-state index in [1.807, 2.05) is 30.0 Å². The number of nitrogens with zero attached hydrogens (tertiary/aromatic N) is 1. The second-order valence-corrected chi connectivity index (χ2v) is 7.74. The van der Waals surface area contributed by atoms with Gasteiger partial charge in [0, 0.05) is 18.2 Å². The van der Waals surface area contributed by atoms with E-state index in [1.54, 1.807) is 18.4 Å². The lowest BCUT2D eigenvalue weighted by molar-refractivity contribution is 0.0694. The van der Waals surface area contributed by atoms with Crippen LogP contribution in [0.3, 0.4) is 0 Å². The van der Waals surface area contributed by atoms with Crippen LogP contribution >= 0.6 is 11.3 Å². The number of carbonyl (C=O) groups excluding carboxylic acids is 1. The highest BCUT2D eigenvalue weighted by atomic mass is 32.1. The van der Waals surface area contributed by atoms with Crippen LogP contribution in [0.25, 0.3) is 0 Å². The average molecular weight is 357 g/mol. The monoisotopic (exact) mass is 357 g/mol. The molecule has 2 aromatic rings. The molecule has 4 nitrogen and oxygen atoms in total. The van der Waals surface area contributed by atoms with Crippen molar-refractivity contribution in [1.29, 1.82) is 0 Å². The number of carbonyl (C=O) groups is 1. The summed E-state index contributed by atoms with van der Waals surface area (Å²) >= 11 is 1.61. The summed E-state index contributed by atoms with van der Waals surface area (Å²) in [6.45, 7) is 3.19. The van der Waals surface area contributed by atoms with Gasteiger partial charge in [-0.2, -0.15) is 0 Å². The highest BCUT2D eigenvalue weighted by Gasteiger charge is 2.28. The van der Waals surface area contributed by atoms with Crippen molar-refractivity contribution in [2.45, 2.75) is 45.3 Å². The van der Waals surface area contributed by atoms with Crippen molar-refractivity contribution in [2.24, 2.45) is 0 Å². The first-order valence-electron chi connectivity index (χ1n) is 8.88. The first kappa shape index (κ1) is 16.5. The molecule has 0 saturated heterocycles. The third-order valence-electron chi connectivity index (χ3n) is 5.03. The lowest BCUT2D eigenvalue weighted by Crippen LogP contribution is -2.36. The lowest BCUT2D eigenvalue weighted by Gasteiger charge is -2.23. The van der Waals surface area contributed by atoms with Crippen LogP contribution in [-0.4, -0.2) is 30.6 Å². The zero-order valence-corrected chi connectivity index (χ0v) is 15.5. The van der Waals surface area contributed by atoms with E-state index >= 15 is 0 Å². The van der Waals surface area contributed by atoms with E-state index in [0.717, 1.165) is 34.8 Å². The van der Waals surface area contributed by atoms with Gasteiger partial charge in [-0.15, -0.1) is 11.3 Å². The fourth-order valence-corrected chi connectivity index (χ4v) is 4.86. The molecule has 0 N–H and O–H groups in total. The summed E-state index contributed by atoms with van der Waals surface area (Å²) in [5.74, 6) is 1.74. The van der Waals surface area contributed by atoms with Crippen molar-refractivity contribution in [2.75, 3.05) is 13.7 Å². The Kier molecular flexibility index (Phi) is 4.42. The zero-order chi connectivity index (χ0) is 17.4. The topological polar surface area (TPSA) is 38.8 Å². The Bertz CT molecular complexity index is 798. The Labute approximate surface area is 152 Å². The van der Waals surface area contributed by atoms with Crippen molar-refractivity contribution in [3.05, 3.63) is 45.1 Å². The van der Waals surface area contributed by atoms with Crippen LogP contribution in [0.1, 0.15) is 46.1 Å². The third kappa shape index (κ3) is 3.13. The number of methoxy groups -OCH3 is 1. The quantitative estimate of drug-likeness (QED) is 0.814. The second-order valence-electron chi connectivity index (χ2n) is 6.86.